The first kappa shape index (κ1) is 22.7. The van der Waals surface area contributed by atoms with Gasteiger partial charge in [-0.25, -0.2) is 13.1 Å². The molecule has 2 aromatic rings. The average molecular weight is 474 g/mol. The Morgan fingerprint density at radius 2 is 1.88 bits per heavy atom. The van der Waals surface area contributed by atoms with Crippen LogP contribution < -0.4 is 9.64 Å². The molecule has 5 nitrogen and oxygen atoms in total. The van der Waals surface area contributed by atoms with Crippen molar-refractivity contribution in [1.29, 1.82) is 0 Å². The summed E-state index contributed by atoms with van der Waals surface area (Å²) >= 11 is 1.19. The summed E-state index contributed by atoms with van der Waals surface area (Å²) in [5.74, 6) is -3.72. The van der Waals surface area contributed by atoms with Crippen LogP contribution in [0.25, 0.3) is 0 Å². The lowest BCUT2D eigenvalue weighted by atomic mass is 10.1. The van der Waals surface area contributed by atoms with Crippen molar-refractivity contribution in [1.82, 2.24) is 4.31 Å². The van der Waals surface area contributed by atoms with Crippen LogP contribution in [-0.2, 0) is 11.0 Å². The summed E-state index contributed by atoms with van der Waals surface area (Å²) in [7, 11) is 1.75. The minimum atomic E-state index is -4.77. The number of aliphatic carboxylic acids is 1. The second kappa shape index (κ2) is 8.11. The lowest BCUT2D eigenvalue weighted by molar-refractivity contribution is -0.144. The number of hydrogen-bond donors (Lipinski definition) is 1. The molecule has 0 spiro atoms. The normalized spacial score (nSPS) is 18.1. The van der Waals surface area contributed by atoms with Crippen molar-refractivity contribution in [3.63, 3.8) is 0 Å². The molecule has 0 bridgehead atoms. The van der Waals surface area contributed by atoms with E-state index < -0.39 is 40.5 Å². The predicted molar refractivity (Wildman–Crippen MR) is 108 cm³/mol. The van der Waals surface area contributed by atoms with Crippen LogP contribution in [0.5, 0.6) is 5.75 Å². The Bertz CT molecular complexity index is 1060. The molecule has 2 aliphatic rings. The first-order valence-corrected chi connectivity index (χ1v) is 10.5. The van der Waals surface area contributed by atoms with E-state index in [9.17, 15) is 31.9 Å². The van der Waals surface area contributed by atoms with E-state index in [0.29, 0.717) is 24.3 Å². The van der Waals surface area contributed by atoms with Gasteiger partial charge in [0, 0.05) is 24.8 Å². The minimum Gasteiger partial charge on any atom is -0.492 e. The Labute approximate surface area is 184 Å². The molecule has 1 aliphatic heterocycles. The molecular weight excluding hydrogens is 455 g/mol. The molecule has 1 aliphatic carbocycles. The van der Waals surface area contributed by atoms with E-state index in [1.54, 1.807) is 11.4 Å². The second-order valence-electron chi connectivity index (χ2n) is 7.88. The molecule has 1 N–H and O–H groups in total. The molecule has 2 aromatic carbocycles. The zero-order chi connectivity index (χ0) is 23.3. The first-order chi connectivity index (χ1) is 15.0. The minimum absolute atomic E-state index is 0.171. The number of carbonyl (C=O) groups is 1. The van der Waals surface area contributed by atoms with Crippen molar-refractivity contribution in [2.75, 3.05) is 31.6 Å². The largest absolute Gasteiger partial charge is 0.492 e. The zero-order valence-electron chi connectivity index (χ0n) is 16.9. The highest BCUT2D eigenvalue weighted by atomic mass is 32.2. The standard InChI is InChI=1S/C21H19F5N2O3S/c1-27-6-7-28(12-2-3-14(22)15(23)8-12)16-9-13(21(24,25)26)17(10-18(16)32-27)31-11-20(4-5-20)19(29)30/h2-3,8-10H,4-7,11H2,1H3,(H,29,30). The van der Waals surface area contributed by atoms with Gasteiger partial charge in [0.05, 0.1) is 16.1 Å². The molecular formula is C21H19F5N2O3S. The van der Waals surface area contributed by atoms with Crippen molar-refractivity contribution < 1.29 is 36.6 Å². The SMILES string of the molecule is CN1CCN(c2ccc(F)c(F)c2)c2cc(C(F)(F)F)c(OCC3(C(=O)O)CC3)cc2S1. The van der Waals surface area contributed by atoms with Crippen molar-refractivity contribution in [3.05, 3.63) is 47.5 Å². The van der Waals surface area contributed by atoms with Crippen molar-refractivity contribution in [2.45, 2.75) is 23.9 Å². The third-order valence-electron chi connectivity index (χ3n) is 5.58. The number of anilines is 2. The van der Waals surface area contributed by atoms with E-state index in [-0.39, 0.29) is 24.5 Å². The molecule has 0 amide bonds. The molecule has 0 saturated heterocycles. The van der Waals surface area contributed by atoms with E-state index in [0.717, 1.165) is 18.2 Å². The van der Waals surface area contributed by atoms with Crippen LogP contribution in [0.3, 0.4) is 0 Å². The molecule has 1 heterocycles. The summed E-state index contributed by atoms with van der Waals surface area (Å²) in [4.78, 5) is 13.3. The number of nitrogens with zero attached hydrogens (tertiary/aromatic N) is 2. The smallest absolute Gasteiger partial charge is 0.420 e. The third kappa shape index (κ3) is 4.36. The Balaban J connectivity index is 1.78. The molecule has 32 heavy (non-hydrogen) atoms. The first-order valence-electron chi connectivity index (χ1n) is 9.73. The number of likely N-dealkylation sites (N-methyl/N-ethyl adjacent to an activating group) is 1. The average Bonchev–Trinajstić information content (AvgIpc) is 3.51. The molecule has 0 atom stereocenters. The summed E-state index contributed by atoms with van der Waals surface area (Å²) in [5.41, 5.74) is -1.83. The number of alkyl halides is 3. The van der Waals surface area contributed by atoms with Crippen LogP contribution in [0.1, 0.15) is 18.4 Å². The highest BCUT2D eigenvalue weighted by Gasteiger charge is 2.51. The molecule has 4 rings (SSSR count). The van der Waals surface area contributed by atoms with Crippen LogP contribution in [0.2, 0.25) is 0 Å². The van der Waals surface area contributed by atoms with Gasteiger partial charge in [-0.05, 0) is 56.1 Å². The highest BCUT2D eigenvalue weighted by molar-refractivity contribution is 7.97. The summed E-state index contributed by atoms with van der Waals surface area (Å²) in [6.45, 7) is 0.302. The van der Waals surface area contributed by atoms with Gasteiger partial charge < -0.3 is 14.7 Å². The number of halogens is 5. The monoisotopic (exact) mass is 474 g/mol. The Kier molecular flexibility index (Phi) is 5.74. The van der Waals surface area contributed by atoms with Crippen LogP contribution in [0.15, 0.2) is 35.2 Å². The van der Waals surface area contributed by atoms with Gasteiger partial charge in [-0.2, -0.15) is 13.2 Å². The molecule has 0 radical (unpaired) electrons. The fourth-order valence-electron chi connectivity index (χ4n) is 3.46. The van der Waals surface area contributed by atoms with E-state index in [2.05, 4.69) is 0 Å². The number of hydrogen-bond acceptors (Lipinski definition) is 5. The fraction of sp³-hybridized carbons (Fsp3) is 0.381. The molecule has 0 unspecified atom stereocenters. The van der Waals surface area contributed by atoms with Gasteiger partial charge in [0.15, 0.2) is 11.6 Å². The zero-order valence-corrected chi connectivity index (χ0v) is 17.7. The number of carboxylic acids is 1. The summed E-state index contributed by atoms with van der Waals surface area (Å²) in [5, 5.41) is 9.30. The van der Waals surface area contributed by atoms with Gasteiger partial charge in [0.25, 0.3) is 0 Å². The lowest BCUT2D eigenvalue weighted by Crippen LogP contribution is -2.25. The predicted octanol–water partition coefficient (Wildman–Crippen LogP) is 5.32. The number of carboxylic acid groups (broad SMARTS) is 1. The molecule has 11 heteroatoms. The Morgan fingerprint density at radius 3 is 2.47 bits per heavy atom. The van der Waals surface area contributed by atoms with Crippen LogP contribution in [0, 0.1) is 17.0 Å². The van der Waals surface area contributed by atoms with Gasteiger partial charge in [-0.15, -0.1) is 0 Å². The fourth-order valence-corrected chi connectivity index (χ4v) is 4.39. The van der Waals surface area contributed by atoms with Crippen LogP contribution in [0.4, 0.5) is 33.3 Å². The van der Waals surface area contributed by atoms with Gasteiger partial charge >= 0.3 is 12.1 Å². The number of rotatable bonds is 5. The highest BCUT2D eigenvalue weighted by Crippen LogP contribution is 2.49. The Hall–Kier alpha value is -2.53. The number of benzene rings is 2. The maximum Gasteiger partial charge on any atom is 0.420 e. The summed E-state index contributed by atoms with van der Waals surface area (Å²) < 4.78 is 76.1. The topological polar surface area (TPSA) is 53.0 Å². The maximum absolute atomic E-state index is 13.9. The van der Waals surface area contributed by atoms with Crippen LogP contribution in [-0.4, -0.2) is 42.1 Å². The van der Waals surface area contributed by atoms with Gasteiger partial charge in [0.2, 0.25) is 0 Å². The van der Waals surface area contributed by atoms with E-state index >= 15 is 0 Å². The number of ether oxygens (including phenoxy) is 1. The molecule has 172 valence electrons. The maximum atomic E-state index is 13.9. The third-order valence-corrected chi connectivity index (χ3v) is 6.59. The van der Waals surface area contributed by atoms with Crippen molar-refractivity contribution in [2.24, 2.45) is 5.41 Å². The van der Waals surface area contributed by atoms with E-state index in [1.165, 1.54) is 29.0 Å². The summed E-state index contributed by atoms with van der Waals surface area (Å²) in [6, 6.07) is 5.32. The van der Waals surface area contributed by atoms with E-state index in [1.807, 2.05) is 0 Å². The number of fused-ring (bicyclic) bond motifs is 1. The van der Waals surface area contributed by atoms with Gasteiger partial charge in [-0.3, -0.25) is 4.79 Å². The quantitative estimate of drug-likeness (QED) is 0.468. The molecule has 1 fully saturated rings. The molecule has 1 saturated carbocycles. The van der Waals surface area contributed by atoms with Gasteiger partial charge in [0.1, 0.15) is 17.8 Å². The van der Waals surface area contributed by atoms with Crippen LogP contribution >= 0.6 is 11.9 Å². The second-order valence-corrected chi connectivity index (χ2v) is 9.13. The Morgan fingerprint density at radius 1 is 1.16 bits per heavy atom. The van der Waals surface area contributed by atoms with Gasteiger partial charge in [-0.1, -0.05) is 0 Å². The molecule has 0 aromatic heterocycles. The van der Waals surface area contributed by atoms with E-state index in [4.69, 9.17) is 4.74 Å². The summed E-state index contributed by atoms with van der Waals surface area (Å²) in [6.07, 6.45) is -4.08. The van der Waals surface area contributed by atoms with Crippen molar-refractivity contribution >= 4 is 29.3 Å². The lowest BCUT2D eigenvalue weighted by Gasteiger charge is -2.26. The van der Waals surface area contributed by atoms with Crippen molar-refractivity contribution in [3.8, 4) is 5.75 Å².